The van der Waals surface area contributed by atoms with Gasteiger partial charge in [-0.1, -0.05) is 60.3 Å². The molecule has 0 N–H and O–H groups in total. The van der Waals surface area contributed by atoms with Gasteiger partial charge in [0.2, 0.25) is 5.91 Å². The summed E-state index contributed by atoms with van der Waals surface area (Å²) in [7, 11) is 2.07. The molecule has 5 rings (SSSR count). The largest absolute Gasteiger partial charge is 0.368 e. The van der Waals surface area contributed by atoms with E-state index in [2.05, 4.69) is 80.1 Å². The monoisotopic (exact) mass is 490 g/mol. The average Bonchev–Trinajstić information content (AvgIpc) is 3.29. The van der Waals surface area contributed by atoms with E-state index in [0.29, 0.717) is 12.5 Å². The Morgan fingerprint density at radius 2 is 1.66 bits per heavy atom. The number of rotatable bonds is 7. The van der Waals surface area contributed by atoms with Gasteiger partial charge in [0.1, 0.15) is 5.82 Å². The molecule has 2 saturated heterocycles. The second-order valence-corrected chi connectivity index (χ2v) is 10.4. The Hall–Kier alpha value is -2.84. The SMILES string of the molecule is Cn1c(SCc2ccccc2)nnc1C1CCCN(CC(=O)N2CCN(c3ccccc3)CC2)C1. The van der Waals surface area contributed by atoms with Crippen LogP contribution in [0.2, 0.25) is 0 Å². The van der Waals surface area contributed by atoms with Crippen molar-refractivity contribution >= 4 is 23.4 Å². The van der Waals surface area contributed by atoms with Crippen LogP contribution in [0.3, 0.4) is 0 Å². The van der Waals surface area contributed by atoms with Gasteiger partial charge in [0, 0.05) is 57.1 Å². The molecule has 8 heteroatoms. The number of carbonyl (C=O) groups excluding carboxylic acids is 1. The minimum absolute atomic E-state index is 0.246. The molecule has 1 amide bonds. The molecular formula is C27H34N6OS. The summed E-state index contributed by atoms with van der Waals surface area (Å²) in [5.74, 6) is 2.48. The van der Waals surface area contributed by atoms with Crippen molar-refractivity contribution in [3.63, 3.8) is 0 Å². The Balaban J connectivity index is 1.13. The fourth-order valence-electron chi connectivity index (χ4n) is 5.08. The van der Waals surface area contributed by atoms with Crippen LogP contribution < -0.4 is 4.90 Å². The van der Waals surface area contributed by atoms with E-state index >= 15 is 0 Å². The standard InChI is InChI=1S/C27H34N6OS/c1-30-26(28-29-27(30)35-21-22-9-4-2-5-10-22)23-11-8-14-31(19-23)20-25(34)33-17-15-32(16-18-33)24-12-6-3-7-13-24/h2-7,9-10,12-13,23H,8,11,14-21H2,1H3. The highest BCUT2D eigenvalue weighted by atomic mass is 32.2. The van der Waals surface area contributed by atoms with Gasteiger partial charge >= 0.3 is 0 Å². The Morgan fingerprint density at radius 1 is 0.943 bits per heavy atom. The minimum Gasteiger partial charge on any atom is -0.368 e. The number of piperidine rings is 1. The van der Waals surface area contributed by atoms with Gasteiger partial charge in [0.15, 0.2) is 5.16 Å². The molecule has 1 unspecified atom stereocenters. The van der Waals surface area contributed by atoms with E-state index in [1.54, 1.807) is 11.8 Å². The molecule has 7 nitrogen and oxygen atoms in total. The van der Waals surface area contributed by atoms with Crippen LogP contribution in [0.1, 0.15) is 30.1 Å². The number of anilines is 1. The normalized spacial score (nSPS) is 19.2. The molecule has 2 aromatic carbocycles. The smallest absolute Gasteiger partial charge is 0.236 e. The van der Waals surface area contributed by atoms with Crippen molar-refractivity contribution < 1.29 is 4.79 Å². The lowest BCUT2D eigenvalue weighted by atomic mass is 9.97. The molecular weight excluding hydrogens is 456 g/mol. The Kier molecular flexibility index (Phi) is 7.69. The molecule has 3 heterocycles. The summed E-state index contributed by atoms with van der Waals surface area (Å²) in [4.78, 5) is 19.8. The molecule has 1 aromatic heterocycles. The van der Waals surface area contributed by atoms with Crippen molar-refractivity contribution in [1.29, 1.82) is 0 Å². The van der Waals surface area contributed by atoms with Gasteiger partial charge < -0.3 is 14.4 Å². The highest BCUT2D eigenvalue weighted by Gasteiger charge is 2.29. The van der Waals surface area contributed by atoms with E-state index in [0.717, 1.165) is 68.8 Å². The van der Waals surface area contributed by atoms with Crippen molar-refractivity contribution in [2.75, 3.05) is 50.7 Å². The van der Waals surface area contributed by atoms with Gasteiger partial charge in [-0.3, -0.25) is 9.69 Å². The lowest BCUT2D eigenvalue weighted by Gasteiger charge is -2.38. The van der Waals surface area contributed by atoms with Gasteiger partial charge in [-0.2, -0.15) is 0 Å². The van der Waals surface area contributed by atoms with E-state index in [1.165, 1.54) is 11.3 Å². The second-order valence-electron chi connectivity index (χ2n) is 9.45. The van der Waals surface area contributed by atoms with Gasteiger partial charge in [-0.25, -0.2) is 0 Å². The molecule has 0 saturated carbocycles. The zero-order valence-corrected chi connectivity index (χ0v) is 21.2. The maximum absolute atomic E-state index is 13.1. The summed E-state index contributed by atoms with van der Waals surface area (Å²) in [6.07, 6.45) is 2.18. The third-order valence-electron chi connectivity index (χ3n) is 7.06. The zero-order chi connectivity index (χ0) is 24.0. The summed E-state index contributed by atoms with van der Waals surface area (Å²) < 4.78 is 2.15. The number of likely N-dealkylation sites (tertiary alicyclic amines) is 1. The summed E-state index contributed by atoms with van der Waals surface area (Å²) in [5, 5.41) is 9.98. The van der Waals surface area contributed by atoms with Crippen LogP contribution >= 0.6 is 11.8 Å². The minimum atomic E-state index is 0.246. The number of thioether (sulfide) groups is 1. The average molecular weight is 491 g/mol. The number of carbonyl (C=O) groups is 1. The van der Waals surface area contributed by atoms with Gasteiger partial charge in [0.05, 0.1) is 6.54 Å². The van der Waals surface area contributed by atoms with Crippen LogP contribution in [0.5, 0.6) is 0 Å². The van der Waals surface area contributed by atoms with E-state index in [1.807, 2.05) is 17.0 Å². The number of hydrogen-bond donors (Lipinski definition) is 0. The molecule has 2 aliphatic heterocycles. The number of piperazine rings is 1. The molecule has 0 radical (unpaired) electrons. The molecule has 184 valence electrons. The first-order valence-corrected chi connectivity index (χ1v) is 13.5. The zero-order valence-electron chi connectivity index (χ0n) is 20.4. The Morgan fingerprint density at radius 3 is 2.40 bits per heavy atom. The second kappa shape index (κ2) is 11.3. The van der Waals surface area contributed by atoms with Crippen LogP contribution in [-0.2, 0) is 17.6 Å². The summed E-state index contributed by atoms with van der Waals surface area (Å²) in [6.45, 7) is 5.69. The molecule has 0 spiro atoms. The molecule has 2 aliphatic rings. The predicted molar refractivity (Wildman–Crippen MR) is 141 cm³/mol. The third kappa shape index (κ3) is 5.87. The van der Waals surface area contributed by atoms with Gasteiger partial charge in [0.25, 0.3) is 0 Å². The lowest BCUT2D eigenvalue weighted by Crippen LogP contribution is -2.52. The number of benzene rings is 2. The summed E-state index contributed by atoms with van der Waals surface area (Å²) >= 11 is 1.72. The number of amides is 1. The van der Waals surface area contributed by atoms with Crippen LogP contribution in [-0.4, -0.2) is 76.3 Å². The highest BCUT2D eigenvalue weighted by Crippen LogP contribution is 2.29. The Bertz CT molecular complexity index is 1100. The number of aromatic nitrogens is 3. The number of hydrogen-bond acceptors (Lipinski definition) is 6. The molecule has 2 fully saturated rings. The molecule has 3 aromatic rings. The fraction of sp³-hybridized carbons (Fsp3) is 0.444. The van der Waals surface area contributed by atoms with Gasteiger partial charge in [-0.15, -0.1) is 10.2 Å². The molecule has 0 bridgehead atoms. The van der Waals surface area contributed by atoms with Crippen molar-refractivity contribution in [2.24, 2.45) is 7.05 Å². The first-order valence-electron chi connectivity index (χ1n) is 12.5. The summed E-state index contributed by atoms with van der Waals surface area (Å²) in [5.41, 5.74) is 2.53. The molecule has 1 atom stereocenters. The fourth-order valence-corrected chi connectivity index (χ4v) is 5.96. The topological polar surface area (TPSA) is 57.5 Å². The molecule has 0 aliphatic carbocycles. The third-order valence-corrected chi connectivity index (χ3v) is 8.15. The van der Waals surface area contributed by atoms with Crippen molar-refractivity contribution in [2.45, 2.75) is 29.7 Å². The predicted octanol–water partition coefficient (Wildman–Crippen LogP) is 3.64. The quantitative estimate of drug-likeness (QED) is 0.472. The van der Waals surface area contributed by atoms with Crippen LogP contribution in [0.25, 0.3) is 0 Å². The van der Waals surface area contributed by atoms with Crippen molar-refractivity contribution in [3.05, 3.63) is 72.1 Å². The maximum atomic E-state index is 13.1. The van der Waals surface area contributed by atoms with Crippen molar-refractivity contribution in [3.8, 4) is 0 Å². The first kappa shape index (κ1) is 23.9. The van der Waals surface area contributed by atoms with E-state index < -0.39 is 0 Å². The van der Waals surface area contributed by atoms with Crippen LogP contribution in [0.15, 0.2) is 65.8 Å². The highest BCUT2D eigenvalue weighted by molar-refractivity contribution is 7.98. The van der Waals surface area contributed by atoms with E-state index in [-0.39, 0.29) is 5.91 Å². The number of nitrogens with zero attached hydrogens (tertiary/aromatic N) is 6. The summed E-state index contributed by atoms with van der Waals surface area (Å²) in [6, 6.07) is 20.9. The molecule has 35 heavy (non-hydrogen) atoms. The van der Waals surface area contributed by atoms with E-state index in [4.69, 9.17) is 0 Å². The Labute approximate surface area is 212 Å². The van der Waals surface area contributed by atoms with Crippen LogP contribution in [0, 0.1) is 0 Å². The number of para-hydroxylation sites is 1. The van der Waals surface area contributed by atoms with Crippen molar-refractivity contribution in [1.82, 2.24) is 24.6 Å². The van der Waals surface area contributed by atoms with Crippen LogP contribution in [0.4, 0.5) is 5.69 Å². The first-order chi connectivity index (χ1) is 17.2. The van der Waals surface area contributed by atoms with E-state index in [9.17, 15) is 4.79 Å². The maximum Gasteiger partial charge on any atom is 0.236 e. The lowest BCUT2D eigenvalue weighted by molar-refractivity contribution is -0.133. The van der Waals surface area contributed by atoms with Gasteiger partial charge in [-0.05, 0) is 37.1 Å².